The van der Waals surface area contributed by atoms with Gasteiger partial charge in [0.25, 0.3) is 0 Å². The van der Waals surface area contributed by atoms with E-state index in [1.165, 1.54) is 0 Å². The van der Waals surface area contributed by atoms with Crippen LogP contribution in [0.3, 0.4) is 0 Å². The molecule has 19 heavy (non-hydrogen) atoms. The Morgan fingerprint density at radius 2 is 1.68 bits per heavy atom. The van der Waals surface area contributed by atoms with Crippen molar-refractivity contribution < 1.29 is 4.79 Å². The van der Waals surface area contributed by atoms with E-state index in [-0.39, 0.29) is 22.6 Å². The minimum absolute atomic E-state index is 0.0740. The molecule has 0 aromatic heterocycles. The Labute approximate surface area is 109 Å². The summed E-state index contributed by atoms with van der Waals surface area (Å²) in [6.45, 7) is 0. The lowest BCUT2D eigenvalue weighted by Gasteiger charge is -2.06. The third-order valence-electron chi connectivity index (χ3n) is 3.29. The van der Waals surface area contributed by atoms with Crippen LogP contribution in [0.2, 0.25) is 0 Å². The Morgan fingerprint density at radius 3 is 2.32 bits per heavy atom. The average Bonchev–Trinajstić information content (AvgIpc) is 2.72. The van der Waals surface area contributed by atoms with E-state index >= 15 is 0 Å². The molecule has 1 aliphatic carbocycles. The van der Waals surface area contributed by atoms with Crippen molar-refractivity contribution in [3.05, 3.63) is 52.6 Å². The number of hydrogen-bond donors (Lipinski definition) is 1. The minimum Gasteiger partial charge on any atom is -0.397 e. The van der Waals surface area contributed by atoms with Gasteiger partial charge in [-0.1, -0.05) is 24.3 Å². The number of hydrogen-bond acceptors (Lipinski definition) is 4. The maximum Gasteiger partial charge on any atom is 0.195 e. The number of anilines is 1. The quantitative estimate of drug-likeness (QED) is 0.615. The lowest BCUT2D eigenvalue weighted by molar-refractivity contribution is 0.104. The summed E-state index contributed by atoms with van der Waals surface area (Å²) in [7, 11) is 0. The Morgan fingerprint density at radius 1 is 1.00 bits per heavy atom. The van der Waals surface area contributed by atoms with Gasteiger partial charge in [0.05, 0.1) is 22.4 Å². The van der Waals surface area contributed by atoms with E-state index in [1.807, 2.05) is 18.2 Å². The van der Waals surface area contributed by atoms with Gasteiger partial charge in [-0.15, -0.1) is 0 Å². The molecule has 0 fully saturated rings. The van der Waals surface area contributed by atoms with E-state index in [9.17, 15) is 10.1 Å². The van der Waals surface area contributed by atoms with Crippen LogP contribution in [0.15, 0.2) is 30.3 Å². The van der Waals surface area contributed by atoms with Gasteiger partial charge in [-0.25, -0.2) is 0 Å². The van der Waals surface area contributed by atoms with Crippen LogP contribution in [-0.2, 0) is 0 Å². The number of rotatable bonds is 0. The fraction of sp³-hybridized carbons (Fsp3) is 0. The van der Waals surface area contributed by atoms with E-state index < -0.39 is 0 Å². The highest BCUT2D eigenvalue weighted by Gasteiger charge is 2.31. The molecule has 3 rings (SSSR count). The molecule has 0 radical (unpaired) electrons. The first-order chi connectivity index (χ1) is 9.19. The molecule has 2 aromatic rings. The van der Waals surface area contributed by atoms with Crippen LogP contribution in [0.5, 0.6) is 0 Å². The standard InChI is InChI=1S/C15H7N3O/c16-6-8-5-11-9-3-1-2-4-10(9)15(19)13(11)12(7-17)14(8)18/h1-5H,18H2. The number of nitriles is 2. The lowest BCUT2D eigenvalue weighted by Crippen LogP contribution is -2.04. The van der Waals surface area contributed by atoms with Gasteiger partial charge in [-0.05, 0) is 17.2 Å². The third kappa shape index (κ3) is 1.28. The number of carbonyl (C=O) groups excluding carboxylic acids is 1. The smallest absolute Gasteiger partial charge is 0.195 e. The van der Waals surface area contributed by atoms with Crippen molar-refractivity contribution in [2.24, 2.45) is 0 Å². The van der Waals surface area contributed by atoms with Gasteiger partial charge in [0, 0.05) is 5.56 Å². The molecule has 0 bridgehead atoms. The van der Waals surface area contributed by atoms with Crippen molar-refractivity contribution >= 4 is 11.5 Å². The Hall–Kier alpha value is -3.11. The Balaban J connectivity index is 2.48. The second-order valence-electron chi connectivity index (χ2n) is 4.23. The first-order valence-electron chi connectivity index (χ1n) is 5.59. The Kier molecular flexibility index (Phi) is 2.14. The molecule has 0 amide bonds. The van der Waals surface area contributed by atoms with Crippen molar-refractivity contribution in [1.82, 2.24) is 0 Å². The highest BCUT2D eigenvalue weighted by atomic mass is 16.1. The van der Waals surface area contributed by atoms with Crippen LogP contribution in [0.4, 0.5) is 5.69 Å². The lowest BCUT2D eigenvalue weighted by atomic mass is 9.96. The Bertz CT molecular complexity index is 823. The van der Waals surface area contributed by atoms with Crippen molar-refractivity contribution in [3.63, 3.8) is 0 Å². The number of carbonyl (C=O) groups is 1. The van der Waals surface area contributed by atoms with E-state index in [4.69, 9.17) is 11.0 Å². The van der Waals surface area contributed by atoms with E-state index in [2.05, 4.69) is 0 Å². The van der Waals surface area contributed by atoms with Crippen LogP contribution in [0, 0.1) is 22.7 Å². The highest BCUT2D eigenvalue weighted by Crippen LogP contribution is 2.40. The summed E-state index contributed by atoms with van der Waals surface area (Å²) in [5.74, 6) is -0.210. The summed E-state index contributed by atoms with van der Waals surface area (Å²) in [6, 6.07) is 12.6. The zero-order valence-electron chi connectivity index (χ0n) is 9.77. The van der Waals surface area contributed by atoms with Crippen molar-refractivity contribution in [2.45, 2.75) is 0 Å². The van der Waals surface area contributed by atoms with Gasteiger partial charge in [0.15, 0.2) is 5.78 Å². The summed E-state index contributed by atoms with van der Waals surface area (Å²) < 4.78 is 0. The van der Waals surface area contributed by atoms with E-state index in [1.54, 1.807) is 24.3 Å². The topological polar surface area (TPSA) is 90.7 Å². The first kappa shape index (κ1) is 11.0. The normalized spacial score (nSPS) is 11.4. The summed E-state index contributed by atoms with van der Waals surface area (Å²) in [4.78, 5) is 12.3. The maximum atomic E-state index is 12.3. The summed E-state index contributed by atoms with van der Waals surface area (Å²) in [6.07, 6.45) is 0. The molecule has 1 aliphatic rings. The average molecular weight is 245 g/mol. The molecule has 4 heteroatoms. The van der Waals surface area contributed by atoms with Crippen molar-refractivity contribution in [1.29, 1.82) is 10.5 Å². The largest absolute Gasteiger partial charge is 0.397 e. The van der Waals surface area contributed by atoms with Crippen LogP contribution < -0.4 is 5.73 Å². The minimum atomic E-state index is -0.210. The monoisotopic (exact) mass is 245 g/mol. The first-order valence-corrected chi connectivity index (χ1v) is 5.59. The fourth-order valence-electron chi connectivity index (χ4n) is 2.41. The molecule has 0 heterocycles. The molecule has 2 aromatic carbocycles. The van der Waals surface area contributed by atoms with Gasteiger partial charge < -0.3 is 5.73 Å². The molecular formula is C15H7N3O. The second kappa shape index (κ2) is 3.69. The zero-order chi connectivity index (χ0) is 13.6. The molecule has 0 spiro atoms. The van der Waals surface area contributed by atoms with Gasteiger partial charge >= 0.3 is 0 Å². The van der Waals surface area contributed by atoms with Crippen molar-refractivity contribution in [2.75, 3.05) is 5.73 Å². The SMILES string of the molecule is N#Cc1cc2c(c(C#N)c1N)C(=O)c1ccccc1-2. The number of benzene rings is 2. The van der Waals surface area contributed by atoms with Crippen LogP contribution in [0.25, 0.3) is 11.1 Å². The van der Waals surface area contributed by atoms with E-state index in [0.29, 0.717) is 16.7 Å². The molecule has 4 nitrogen and oxygen atoms in total. The molecule has 0 aliphatic heterocycles. The van der Waals surface area contributed by atoms with Gasteiger partial charge in [0.1, 0.15) is 12.1 Å². The molecular weight excluding hydrogens is 238 g/mol. The number of nitrogens with two attached hydrogens (primary N) is 1. The van der Waals surface area contributed by atoms with Gasteiger partial charge in [0.2, 0.25) is 0 Å². The fourth-order valence-corrected chi connectivity index (χ4v) is 2.41. The van der Waals surface area contributed by atoms with Crippen LogP contribution in [-0.4, -0.2) is 5.78 Å². The highest BCUT2D eigenvalue weighted by molar-refractivity contribution is 6.23. The van der Waals surface area contributed by atoms with Gasteiger partial charge in [-0.2, -0.15) is 10.5 Å². The molecule has 0 saturated heterocycles. The molecule has 0 atom stereocenters. The third-order valence-corrected chi connectivity index (χ3v) is 3.29. The molecule has 0 saturated carbocycles. The molecule has 88 valence electrons. The van der Waals surface area contributed by atoms with Crippen LogP contribution >= 0.6 is 0 Å². The zero-order valence-corrected chi connectivity index (χ0v) is 9.77. The number of nitrogen functional groups attached to an aromatic ring is 1. The number of fused-ring (bicyclic) bond motifs is 3. The maximum absolute atomic E-state index is 12.3. The van der Waals surface area contributed by atoms with Gasteiger partial charge in [-0.3, -0.25) is 4.79 Å². The second-order valence-corrected chi connectivity index (χ2v) is 4.23. The number of ketones is 1. The molecule has 2 N–H and O–H groups in total. The van der Waals surface area contributed by atoms with Crippen LogP contribution in [0.1, 0.15) is 27.0 Å². The summed E-state index contributed by atoms with van der Waals surface area (Å²) in [5, 5.41) is 18.3. The number of nitrogens with zero attached hydrogens (tertiary/aromatic N) is 2. The van der Waals surface area contributed by atoms with E-state index in [0.717, 1.165) is 5.56 Å². The summed E-state index contributed by atoms with van der Waals surface area (Å²) in [5.41, 5.74) is 8.38. The molecule has 0 unspecified atom stereocenters. The van der Waals surface area contributed by atoms with Crippen molar-refractivity contribution in [3.8, 4) is 23.3 Å². The predicted octanol–water partition coefficient (Wildman–Crippen LogP) is 2.22. The predicted molar refractivity (Wildman–Crippen MR) is 69.2 cm³/mol. The summed E-state index contributed by atoms with van der Waals surface area (Å²) >= 11 is 0.